The standard InChI is InChI=1S/C34H52N2O14/c37-32(38)25-3-1-5-27(35(42)43)29(25)31(50-46)19-7-9-20(10-8-19)47-21-11-13-22(14-12-21)48-23-15-17-24(18-16-23)49-34(41)30-26(33(39)40)4-2-6-28(30)36(44)45/h19-31,46H,1-18H2,(H,37,38)(H,39,40). The maximum atomic E-state index is 13.0. The summed E-state index contributed by atoms with van der Waals surface area (Å²) in [5, 5.41) is 52.5. The van der Waals surface area contributed by atoms with Gasteiger partial charge in [0, 0.05) is 22.7 Å². The van der Waals surface area contributed by atoms with Crippen LogP contribution in [0.3, 0.4) is 0 Å². The second-order valence-electron chi connectivity index (χ2n) is 15.2. The third kappa shape index (κ3) is 9.28. The molecule has 5 rings (SSSR count). The summed E-state index contributed by atoms with van der Waals surface area (Å²) in [6, 6.07) is -2.31. The van der Waals surface area contributed by atoms with Gasteiger partial charge in [0.05, 0.1) is 42.2 Å². The van der Waals surface area contributed by atoms with Gasteiger partial charge >= 0.3 is 17.9 Å². The minimum atomic E-state index is -1.28. The van der Waals surface area contributed by atoms with E-state index in [1.165, 1.54) is 0 Å². The number of carboxylic acid groups (broad SMARTS) is 2. The summed E-state index contributed by atoms with van der Waals surface area (Å²) in [5.74, 6) is -7.47. The molecule has 3 N–H and O–H groups in total. The van der Waals surface area contributed by atoms with Gasteiger partial charge in [-0.15, -0.1) is 0 Å². The van der Waals surface area contributed by atoms with Crippen LogP contribution in [0.2, 0.25) is 0 Å². The number of hydrogen-bond acceptors (Lipinski definition) is 12. The molecule has 0 saturated heterocycles. The highest BCUT2D eigenvalue weighted by atomic mass is 17.1. The van der Waals surface area contributed by atoms with Gasteiger partial charge in [-0.25, -0.2) is 4.89 Å². The number of hydrogen-bond donors (Lipinski definition) is 3. The normalized spacial score (nSPS) is 38.7. The molecule has 0 amide bonds. The van der Waals surface area contributed by atoms with Gasteiger partial charge in [0.25, 0.3) is 0 Å². The minimum Gasteiger partial charge on any atom is -0.481 e. The van der Waals surface area contributed by atoms with Crippen molar-refractivity contribution in [3.05, 3.63) is 20.2 Å². The van der Waals surface area contributed by atoms with E-state index < -0.39 is 75.7 Å². The fourth-order valence-electron chi connectivity index (χ4n) is 9.59. The Morgan fingerprint density at radius 3 is 1.44 bits per heavy atom. The molecule has 0 spiro atoms. The van der Waals surface area contributed by atoms with Crippen LogP contribution in [0.4, 0.5) is 0 Å². The fraction of sp³-hybridized carbons (Fsp3) is 0.912. The van der Waals surface area contributed by atoms with Crippen molar-refractivity contribution in [2.24, 2.45) is 29.6 Å². The van der Waals surface area contributed by atoms with Gasteiger partial charge in [-0.2, -0.15) is 0 Å². The molecular formula is C34H52N2O14. The molecule has 16 heteroatoms. The molecule has 7 atom stereocenters. The second-order valence-corrected chi connectivity index (χ2v) is 15.2. The lowest BCUT2D eigenvalue weighted by atomic mass is 9.68. The van der Waals surface area contributed by atoms with Crippen LogP contribution in [0.5, 0.6) is 0 Å². The van der Waals surface area contributed by atoms with E-state index in [9.17, 15) is 50.1 Å². The van der Waals surface area contributed by atoms with E-state index in [0.29, 0.717) is 70.6 Å². The molecule has 5 fully saturated rings. The van der Waals surface area contributed by atoms with E-state index in [1.807, 2.05) is 0 Å². The highest BCUT2D eigenvalue weighted by Gasteiger charge is 2.52. The molecule has 5 saturated carbocycles. The van der Waals surface area contributed by atoms with Gasteiger partial charge in [-0.05, 0) is 109 Å². The van der Waals surface area contributed by atoms with Crippen LogP contribution < -0.4 is 0 Å². The highest BCUT2D eigenvalue weighted by Crippen LogP contribution is 2.43. The lowest BCUT2D eigenvalue weighted by molar-refractivity contribution is -0.544. The average Bonchev–Trinajstić information content (AvgIpc) is 3.10. The fourth-order valence-corrected chi connectivity index (χ4v) is 9.59. The van der Waals surface area contributed by atoms with E-state index in [4.69, 9.17) is 19.1 Å². The van der Waals surface area contributed by atoms with Crippen molar-refractivity contribution in [3.63, 3.8) is 0 Å². The molecule has 5 aliphatic carbocycles. The second kappa shape index (κ2) is 17.5. The largest absolute Gasteiger partial charge is 0.481 e. The first-order valence-electron chi connectivity index (χ1n) is 18.5. The summed E-state index contributed by atoms with van der Waals surface area (Å²) in [6.45, 7) is 0. The maximum Gasteiger partial charge on any atom is 0.317 e. The van der Waals surface area contributed by atoms with Crippen LogP contribution in [-0.4, -0.2) is 91.9 Å². The van der Waals surface area contributed by atoms with Gasteiger partial charge in [0.2, 0.25) is 12.1 Å². The summed E-state index contributed by atoms with van der Waals surface area (Å²) < 4.78 is 18.5. The molecule has 0 heterocycles. The van der Waals surface area contributed by atoms with Crippen molar-refractivity contribution in [1.29, 1.82) is 0 Å². The Morgan fingerprint density at radius 2 is 1.00 bits per heavy atom. The molecule has 0 bridgehead atoms. The summed E-state index contributed by atoms with van der Waals surface area (Å²) >= 11 is 0. The first kappa shape index (κ1) is 38.3. The highest BCUT2D eigenvalue weighted by molar-refractivity contribution is 5.82. The van der Waals surface area contributed by atoms with Gasteiger partial charge in [-0.1, -0.05) is 0 Å². The quantitative estimate of drug-likeness (QED) is 0.0998. The topological polar surface area (TPSA) is 235 Å². The number of aliphatic carboxylic acids is 2. The van der Waals surface area contributed by atoms with Gasteiger partial charge in [-0.3, -0.25) is 39.9 Å². The molecular weight excluding hydrogens is 660 g/mol. The van der Waals surface area contributed by atoms with Crippen molar-refractivity contribution >= 4 is 17.9 Å². The zero-order chi connectivity index (χ0) is 35.9. The third-order valence-corrected chi connectivity index (χ3v) is 12.2. The van der Waals surface area contributed by atoms with Crippen LogP contribution in [0, 0.1) is 49.8 Å². The van der Waals surface area contributed by atoms with Crippen LogP contribution in [0.1, 0.15) is 116 Å². The van der Waals surface area contributed by atoms with E-state index in [0.717, 1.165) is 25.7 Å². The van der Waals surface area contributed by atoms with Gasteiger partial charge in [0.15, 0.2) is 0 Å². The maximum absolute atomic E-state index is 13.0. The van der Waals surface area contributed by atoms with E-state index >= 15 is 0 Å². The lowest BCUT2D eigenvalue weighted by Crippen LogP contribution is -2.51. The summed E-state index contributed by atoms with van der Waals surface area (Å²) in [5.41, 5.74) is 0. The first-order chi connectivity index (χ1) is 24.0. The van der Waals surface area contributed by atoms with Crippen LogP contribution in [0.15, 0.2) is 0 Å². The van der Waals surface area contributed by atoms with Crippen molar-refractivity contribution in [2.45, 2.75) is 164 Å². The molecule has 0 aromatic heterocycles. The number of carbonyl (C=O) groups is 3. The molecule has 0 aromatic carbocycles. The minimum absolute atomic E-state index is 0.0113. The molecule has 50 heavy (non-hydrogen) atoms. The predicted octanol–water partition coefficient (Wildman–Crippen LogP) is 4.89. The van der Waals surface area contributed by atoms with Crippen LogP contribution >= 0.6 is 0 Å². The van der Waals surface area contributed by atoms with Crippen molar-refractivity contribution in [3.8, 4) is 0 Å². The Bertz CT molecular complexity index is 1150. The smallest absolute Gasteiger partial charge is 0.317 e. The average molecular weight is 713 g/mol. The number of nitrogens with zero attached hydrogens (tertiary/aromatic N) is 2. The Hall–Kier alpha value is -2.95. The summed E-state index contributed by atoms with van der Waals surface area (Å²) in [4.78, 5) is 63.9. The molecule has 0 aliphatic heterocycles. The number of carbonyl (C=O) groups excluding carboxylic acids is 1. The summed E-state index contributed by atoms with van der Waals surface area (Å²) in [7, 11) is 0. The molecule has 0 aromatic rings. The predicted molar refractivity (Wildman–Crippen MR) is 172 cm³/mol. The summed E-state index contributed by atoms with van der Waals surface area (Å²) in [6.07, 6.45) is 9.18. The first-order valence-corrected chi connectivity index (χ1v) is 18.5. The Balaban J connectivity index is 1.01. The zero-order valence-electron chi connectivity index (χ0n) is 28.5. The Labute approximate surface area is 290 Å². The molecule has 282 valence electrons. The lowest BCUT2D eigenvalue weighted by Gasteiger charge is -2.41. The molecule has 5 aliphatic rings. The zero-order valence-corrected chi connectivity index (χ0v) is 28.5. The Kier molecular flexibility index (Phi) is 13.4. The number of esters is 1. The van der Waals surface area contributed by atoms with Crippen LogP contribution in [0.25, 0.3) is 0 Å². The van der Waals surface area contributed by atoms with Gasteiger partial charge < -0.3 is 24.4 Å². The van der Waals surface area contributed by atoms with E-state index in [2.05, 4.69) is 0 Å². The number of carboxylic acids is 2. The Morgan fingerprint density at radius 1 is 0.580 bits per heavy atom. The number of ether oxygens (including phenoxy) is 3. The number of rotatable bonds is 13. The van der Waals surface area contributed by atoms with Crippen molar-refractivity contribution in [1.82, 2.24) is 0 Å². The SMILES string of the molecule is O=C(O)C1CCCC([N+](=O)[O-])C1C(=O)OC1CCC(OC2CCC(OC3CCC(C(OO)C4C(C(=O)O)CCCC4[N+](=O)[O-])CC3)CC2)CC1. The van der Waals surface area contributed by atoms with Crippen molar-refractivity contribution in [2.75, 3.05) is 0 Å². The molecule has 16 nitrogen and oxygen atoms in total. The number of nitro groups is 2. The van der Waals surface area contributed by atoms with E-state index in [1.54, 1.807) is 0 Å². The van der Waals surface area contributed by atoms with Crippen molar-refractivity contribution < 1.29 is 58.8 Å². The van der Waals surface area contributed by atoms with Crippen LogP contribution in [-0.2, 0) is 33.5 Å². The van der Waals surface area contributed by atoms with E-state index in [-0.39, 0.29) is 49.6 Å². The molecule has 0 radical (unpaired) electrons. The molecule has 7 unspecified atom stereocenters. The van der Waals surface area contributed by atoms with Gasteiger partial charge in [0.1, 0.15) is 18.1 Å². The third-order valence-electron chi connectivity index (χ3n) is 12.2. The monoisotopic (exact) mass is 712 g/mol.